The van der Waals surface area contributed by atoms with Gasteiger partial charge in [-0.05, 0) is 0 Å². The molecule has 0 aliphatic carbocycles. The molecule has 0 fully saturated rings. The summed E-state index contributed by atoms with van der Waals surface area (Å²) in [6.45, 7) is 0. The number of hydrogen-bond acceptors (Lipinski definition) is 0. The topological polar surface area (TPSA) is 28.5 Å². The van der Waals surface area contributed by atoms with E-state index in [0.29, 0.717) is 0 Å². The molecular formula is ClK3OS3W-6. The van der Waals surface area contributed by atoms with Crippen molar-refractivity contribution in [3.63, 3.8) is 0 Å². The Bertz CT molecular complexity index is 19.0. The molecule has 0 N–H and O–H groups in total. The summed E-state index contributed by atoms with van der Waals surface area (Å²) in [5, 5.41) is 0. The third kappa shape index (κ3) is 52.1. The molecule has 0 unspecified atom stereocenters. The van der Waals surface area contributed by atoms with E-state index in [4.69, 9.17) is 0 Å². The second-order valence-electron chi connectivity index (χ2n) is 0. The summed E-state index contributed by atoms with van der Waals surface area (Å²) in [6, 6.07) is 0. The molecule has 0 radical (unpaired) electrons. The molecule has 0 aromatic carbocycles. The van der Waals surface area contributed by atoms with Gasteiger partial charge in [0.2, 0.25) is 0 Å². The van der Waals surface area contributed by atoms with Gasteiger partial charge in [0.1, 0.15) is 0 Å². The molecule has 0 amide bonds. The zero-order valence-electron chi connectivity index (χ0n) is 5.42. The summed E-state index contributed by atoms with van der Waals surface area (Å²) in [4.78, 5) is 0. The van der Waals surface area contributed by atoms with Gasteiger partial charge in [0.05, 0.1) is 0 Å². The van der Waals surface area contributed by atoms with Gasteiger partial charge in [0, 0.05) is 21.1 Å². The van der Waals surface area contributed by atoms with Crippen LogP contribution in [0.3, 0.4) is 0 Å². The van der Waals surface area contributed by atoms with E-state index in [-0.39, 0.29) is 234 Å². The van der Waals surface area contributed by atoms with Crippen molar-refractivity contribution in [3.05, 3.63) is 0 Å². The van der Waals surface area contributed by atoms with Crippen LogP contribution in [0.15, 0.2) is 0 Å². The van der Waals surface area contributed by atoms with Crippen molar-refractivity contribution in [1.82, 2.24) is 0 Å². The number of hydrogen-bond donors (Lipinski definition) is 0. The monoisotopic (exact) mass is 448 g/mol. The molecule has 1 nitrogen and oxygen atoms in total. The molecule has 0 bridgehead atoms. The second kappa shape index (κ2) is 60.5. The van der Waals surface area contributed by atoms with Gasteiger partial charge in [-0.25, -0.2) is 0 Å². The van der Waals surface area contributed by atoms with Crippen LogP contribution in [-0.2, 0) is 67.0 Å². The Morgan fingerprint density at radius 1 is 0.556 bits per heavy atom. The first-order valence-corrected chi connectivity index (χ1v) is 0. The molecule has 0 heterocycles. The van der Waals surface area contributed by atoms with E-state index in [1.807, 2.05) is 0 Å². The van der Waals surface area contributed by atoms with E-state index in [9.17, 15) is 0 Å². The van der Waals surface area contributed by atoms with E-state index in [1.165, 1.54) is 0 Å². The summed E-state index contributed by atoms with van der Waals surface area (Å²) in [7, 11) is 0. The van der Waals surface area contributed by atoms with Gasteiger partial charge in [-0.1, -0.05) is 0 Å². The second-order valence-corrected chi connectivity index (χ2v) is 0. The fraction of sp³-hybridized carbons (Fsp3) is 0. The third-order valence-corrected chi connectivity index (χ3v) is 0. The molecule has 0 aliphatic heterocycles. The van der Waals surface area contributed by atoms with E-state index in [0.717, 1.165) is 0 Å². The van der Waals surface area contributed by atoms with Crippen LogP contribution < -0.4 is 167 Å². The Morgan fingerprint density at radius 2 is 0.556 bits per heavy atom. The Balaban J connectivity index is 0. The molecule has 0 atom stereocenters. The van der Waals surface area contributed by atoms with Crippen molar-refractivity contribution in [2.45, 2.75) is 0 Å². The molecule has 9 heavy (non-hydrogen) atoms. The molecule has 0 spiro atoms. The third-order valence-electron chi connectivity index (χ3n) is 0. The van der Waals surface area contributed by atoms with Crippen LogP contribution in [0.1, 0.15) is 0 Å². The van der Waals surface area contributed by atoms with Gasteiger partial charge < -0.3 is 58.4 Å². The summed E-state index contributed by atoms with van der Waals surface area (Å²) in [6.07, 6.45) is 0. The maximum absolute atomic E-state index is 0. The van der Waals surface area contributed by atoms with E-state index >= 15 is 0 Å². The van der Waals surface area contributed by atoms with Gasteiger partial charge in [-0.15, -0.1) is 0 Å². The summed E-state index contributed by atoms with van der Waals surface area (Å²) in [5.41, 5.74) is 0. The van der Waals surface area contributed by atoms with Crippen LogP contribution in [0.25, 0.3) is 0 Å². The van der Waals surface area contributed by atoms with E-state index in [1.54, 1.807) is 0 Å². The zero-order valence-corrected chi connectivity index (χ0v) is 20.9. The first-order chi connectivity index (χ1) is 0. The standard InChI is InChI=1S/ClH.3K.O.3S.W/h1H;;;;;;;;/q;3*+1;4*-2;/p-1. The average Bonchev–Trinajstić information content (AvgIpc) is 0. The first kappa shape index (κ1) is 74.2. The molecule has 0 aliphatic rings. The molecule has 0 saturated heterocycles. The van der Waals surface area contributed by atoms with Crippen molar-refractivity contribution < 1.29 is 193 Å². The quantitative estimate of drug-likeness (QED) is 0.330. The van der Waals surface area contributed by atoms with Crippen LogP contribution in [0, 0.1) is 0 Å². The van der Waals surface area contributed by atoms with Crippen LogP contribution in [0.5, 0.6) is 0 Å². The van der Waals surface area contributed by atoms with Gasteiger partial charge in [-0.3, -0.25) is 0 Å². The van der Waals surface area contributed by atoms with Crippen molar-refractivity contribution in [2.75, 3.05) is 0 Å². The Labute approximate surface area is 226 Å². The van der Waals surface area contributed by atoms with Crippen molar-refractivity contribution in [2.24, 2.45) is 0 Å². The van der Waals surface area contributed by atoms with Crippen LogP contribution in [-0.4, -0.2) is 0 Å². The number of rotatable bonds is 0. The Morgan fingerprint density at radius 3 is 0.556 bits per heavy atom. The maximum atomic E-state index is 0. The van der Waals surface area contributed by atoms with Gasteiger partial charge >= 0.3 is 154 Å². The molecule has 0 rings (SSSR count). The SMILES string of the molecule is [Cl-].[K+].[K+].[K+].[O-2].[S-2].[S-2].[S-2].[W]. The first-order valence-electron chi connectivity index (χ1n) is 0. The van der Waals surface area contributed by atoms with E-state index in [2.05, 4.69) is 0 Å². The van der Waals surface area contributed by atoms with Gasteiger partial charge in [0.25, 0.3) is 0 Å². The molecule has 46 valence electrons. The van der Waals surface area contributed by atoms with Crippen LogP contribution in [0.2, 0.25) is 0 Å². The number of halogens is 1. The predicted molar refractivity (Wildman–Crippen MR) is 22.8 cm³/mol. The maximum Gasteiger partial charge on any atom is 1.00 e. The van der Waals surface area contributed by atoms with Gasteiger partial charge in [-0.2, -0.15) is 0 Å². The molecular weight excluding hydrogens is 449 g/mol. The molecule has 0 saturated carbocycles. The zero-order chi connectivity index (χ0) is 0. The minimum absolute atomic E-state index is 0. The summed E-state index contributed by atoms with van der Waals surface area (Å²) < 4.78 is 0. The van der Waals surface area contributed by atoms with Crippen molar-refractivity contribution in [3.8, 4) is 0 Å². The molecule has 0 aromatic heterocycles. The van der Waals surface area contributed by atoms with Crippen molar-refractivity contribution >= 4 is 40.5 Å². The average molecular weight is 449 g/mol. The molecule has 9 heteroatoms. The predicted octanol–water partition coefficient (Wildman–Crippen LogP) is -12.1. The van der Waals surface area contributed by atoms with E-state index < -0.39 is 0 Å². The Hall–Kier alpha value is 6.90. The minimum Gasteiger partial charge on any atom is -2.00 e. The summed E-state index contributed by atoms with van der Waals surface area (Å²) in [5.74, 6) is 0. The van der Waals surface area contributed by atoms with Crippen LogP contribution in [0.4, 0.5) is 0 Å². The van der Waals surface area contributed by atoms with Crippen LogP contribution >= 0.6 is 0 Å². The fourth-order valence-corrected chi connectivity index (χ4v) is 0. The smallest absolute Gasteiger partial charge is 1.00 e. The van der Waals surface area contributed by atoms with Crippen molar-refractivity contribution in [1.29, 1.82) is 0 Å². The molecule has 0 aromatic rings. The Kier molecular flexibility index (Phi) is 498. The normalized spacial score (nSPS) is 0. The fourth-order valence-electron chi connectivity index (χ4n) is 0. The van der Waals surface area contributed by atoms with Gasteiger partial charge in [0.15, 0.2) is 0 Å². The largest absolute Gasteiger partial charge is 2.00 e. The summed E-state index contributed by atoms with van der Waals surface area (Å²) >= 11 is 0. The minimum atomic E-state index is 0.